The lowest BCUT2D eigenvalue weighted by molar-refractivity contribution is 0.104. The fraction of sp³-hybridized carbons (Fsp3) is 1.00. The first-order chi connectivity index (χ1) is 7.10. The maximum atomic E-state index is 11.5. The van der Waals surface area contributed by atoms with Gasteiger partial charge in [0.05, 0.1) is 11.4 Å². The Bertz CT molecular complexity index is 275. The Kier molecular flexibility index (Phi) is 5.38. The Hall–Kier alpha value is 0.220. The normalized spacial score (nSPS) is 19.1. The van der Waals surface area contributed by atoms with Gasteiger partial charge in [-0.2, -0.15) is 11.8 Å². The summed E-state index contributed by atoms with van der Waals surface area (Å²) >= 11 is 1.74. The first kappa shape index (κ1) is 13.3. The maximum absolute atomic E-state index is 11.5. The summed E-state index contributed by atoms with van der Waals surface area (Å²) in [6.07, 6.45) is 4.51. The highest BCUT2D eigenvalue weighted by Gasteiger charge is 2.35. The largest absolute Gasteiger partial charge is 0.380 e. The Labute approximate surface area is 96.2 Å². The lowest BCUT2D eigenvalue weighted by Crippen LogP contribution is -2.35. The monoisotopic (exact) mass is 253 g/mol. The summed E-state index contributed by atoms with van der Waals surface area (Å²) in [5.74, 6) is 0.990. The van der Waals surface area contributed by atoms with Crippen molar-refractivity contribution < 1.29 is 13.2 Å². The lowest BCUT2D eigenvalue weighted by Gasteiger charge is -2.15. The third-order valence-electron chi connectivity index (χ3n) is 2.45. The second-order valence-electron chi connectivity index (χ2n) is 3.73. The van der Waals surface area contributed by atoms with E-state index in [4.69, 9.17) is 4.74 Å². The number of sulfonamides is 1. The Morgan fingerprint density at radius 3 is 2.67 bits per heavy atom. The highest BCUT2D eigenvalue weighted by Crippen LogP contribution is 2.27. The zero-order chi connectivity index (χ0) is 11.3. The second-order valence-corrected chi connectivity index (χ2v) is 6.76. The van der Waals surface area contributed by atoms with Gasteiger partial charge in [0.2, 0.25) is 10.0 Å². The number of ether oxygens (including phenoxy) is 1. The fourth-order valence-electron chi connectivity index (χ4n) is 1.26. The summed E-state index contributed by atoms with van der Waals surface area (Å²) in [6, 6.07) is 0. The highest BCUT2D eigenvalue weighted by atomic mass is 32.2. The molecule has 0 bridgehead atoms. The van der Waals surface area contributed by atoms with Gasteiger partial charge in [0.25, 0.3) is 0 Å². The highest BCUT2D eigenvalue weighted by molar-refractivity contribution is 7.98. The van der Waals surface area contributed by atoms with Gasteiger partial charge in [-0.1, -0.05) is 0 Å². The van der Waals surface area contributed by atoms with Crippen molar-refractivity contribution in [1.82, 2.24) is 4.72 Å². The molecular formula is C9H19NO3S2. The molecule has 1 fully saturated rings. The van der Waals surface area contributed by atoms with Crippen LogP contribution in [0, 0.1) is 0 Å². The van der Waals surface area contributed by atoms with Crippen molar-refractivity contribution in [2.24, 2.45) is 0 Å². The average Bonchev–Trinajstić information content (AvgIpc) is 3.01. The fourth-order valence-corrected chi connectivity index (χ4v) is 3.17. The topological polar surface area (TPSA) is 55.4 Å². The molecule has 1 unspecified atom stereocenters. The zero-order valence-corrected chi connectivity index (χ0v) is 10.9. The molecule has 0 spiro atoms. The number of rotatable bonds is 8. The van der Waals surface area contributed by atoms with Crippen LogP contribution in [0.3, 0.4) is 0 Å². The van der Waals surface area contributed by atoms with Crippen LogP contribution >= 0.6 is 11.8 Å². The quantitative estimate of drug-likeness (QED) is 0.696. The van der Waals surface area contributed by atoms with Crippen LogP contribution in [-0.4, -0.2) is 45.4 Å². The van der Waals surface area contributed by atoms with Crippen LogP contribution in [0.2, 0.25) is 0 Å². The van der Waals surface area contributed by atoms with Crippen molar-refractivity contribution >= 4 is 21.8 Å². The number of methoxy groups -OCH3 is 1. The zero-order valence-electron chi connectivity index (χ0n) is 9.23. The van der Waals surface area contributed by atoms with Gasteiger partial charge in [-0.05, 0) is 31.3 Å². The Balaban J connectivity index is 2.26. The number of hydrogen-bond donors (Lipinski definition) is 1. The van der Waals surface area contributed by atoms with Crippen molar-refractivity contribution in [3.8, 4) is 0 Å². The van der Waals surface area contributed by atoms with E-state index in [1.54, 1.807) is 18.9 Å². The van der Waals surface area contributed by atoms with E-state index in [9.17, 15) is 8.42 Å². The molecule has 0 saturated heterocycles. The summed E-state index contributed by atoms with van der Waals surface area (Å²) in [5, 5.41) is -0.143. The summed E-state index contributed by atoms with van der Waals surface area (Å²) in [5.41, 5.74) is 0. The first-order valence-corrected chi connectivity index (χ1v) is 8.04. The molecule has 90 valence electrons. The molecule has 0 heterocycles. The molecule has 4 nitrogen and oxygen atoms in total. The minimum Gasteiger partial charge on any atom is -0.380 e. The van der Waals surface area contributed by atoms with E-state index in [1.807, 2.05) is 6.26 Å². The predicted octanol–water partition coefficient (Wildman–Crippen LogP) is 0.836. The Morgan fingerprint density at radius 2 is 2.20 bits per heavy atom. The molecule has 0 aromatic carbocycles. The van der Waals surface area contributed by atoms with Gasteiger partial charge in [-0.3, -0.25) is 0 Å². The van der Waals surface area contributed by atoms with Crippen LogP contribution in [-0.2, 0) is 14.8 Å². The molecule has 1 N–H and O–H groups in total. The minimum absolute atomic E-state index is 0.00836. The molecule has 1 aliphatic rings. The van der Waals surface area contributed by atoms with Crippen LogP contribution in [0.1, 0.15) is 19.3 Å². The third kappa shape index (κ3) is 4.72. The molecule has 0 aliphatic heterocycles. The van der Waals surface area contributed by atoms with Gasteiger partial charge in [0, 0.05) is 13.7 Å². The van der Waals surface area contributed by atoms with Crippen molar-refractivity contribution in [2.75, 3.05) is 25.7 Å². The molecule has 0 amide bonds. The van der Waals surface area contributed by atoms with Crippen LogP contribution in [0.5, 0.6) is 0 Å². The number of nitrogens with one attached hydrogen (secondary N) is 1. The van der Waals surface area contributed by atoms with Crippen LogP contribution < -0.4 is 4.72 Å². The van der Waals surface area contributed by atoms with E-state index in [0.29, 0.717) is 6.54 Å². The number of hydrogen-bond acceptors (Lipinski definition) is 4. The van der Waals surface area contributed by atoms with Crippen molar-refractivity contribution in [3.63, 3.8) is 0 Å². The van der Waals surface area contributed by atoms with E-state index in [2.05, 4.69) is 4.72 Å². The molecule has 1 saturated carbocycles. The molecule has 1 aliphatic carbocycles. The van der Waals surface area contributed by atoms with Crippen LogP contribution in [0.15, 0.2) is 0 Å². The molecule has 0 aromatic heterocycles. The minimum atomic E-state index is -3.05. The lowest BCUT2D eigenvalue weighted by atomic mass is 10.3. The van der Waals surface area contributed by atoms with Gasteiger partial charge in [-0.15, -0.1) is 0 Å². The number of thioether (sulfide) groups is 1. The van der Waals surface area contributed by atoms with Gasteiger partial charge < -0.3 is 4.74 Å². The molecule has 1 rings (SSSR count). The average molecular weight is 253 g/mol. The van der Waals surface area contributed by atoms with Gasteiger partial charge in [0.15, 0.2) is 0 Å². The third-order valence-corrected chi connectivity index (χ3v) is 5.01. The molecule has 0 radical (unpaired) electrons. The molecule has 6 heteroatoms. The predicted molar refractivity (Wildman–Crippen MR) is 63.7 cm³/mol. The van der Waals surface area contributed by atoms with Gasteiger partial charge in [0.1, 0.15) is 0 Å². The van der Waals surface area contributed by atoms with E-state index in [1.165, 1.54) is 0 Å². The van der Waals surface area contributed by atoms with Crippen LogP contribution in [0.4, 0.5) is 0 Å². The first-order valence-electron chi connectivity index (χ1n) is 5.10. The molecular weight excluding hydrogens is 234 g/mol. The standard InChI is InChI=1S/C9H19NO3S2/c1-13-8(5-6-14-2)7-10-15(11,12)9-3-4-9/h8-10H,3-7H2,1-2H3. The van der Waals surface area contributed by atoms with E-state index in [0.717, 1.165) is 25.0 Å². The molecule has 15 heavy (non-hydrogen) atoms. The van der Waals surface area contributed by atoms with E-state index >= 15 is 0 Å². The maximum Gasteiger partial charge on any atom is 0.214 e. The summed E-state index contributed by atoms with van der Waals surface area (Å²) in [4.78, 5) is 0. The summed E-state index contributed by atoms with van der Waals surface area (Å²) in [7, 11) is -1.43. The summed E-state index contributed by atoms with van der Waals surface area (Å²) in [6.45, 7) is 0.399. The molecule has 0 aromatic rings. The SMILES string of the molecule is COC(CCSC)CNS(=O)(=O)C1CC1. The molecule has 1 atom stereocenters. The van der Waals surface area contributed by atoms with Crippen molar-refractivity contribution in [1.29, 1.82) is 0 Å². The van der Waals surface area contributed by atoms with Crippen molar-refractivity contribution in [2.45, 2.75) is 30.6 Å². The summed E-state index contributed by atoms with van der Waals surface area (Å²) < 4.78 is 30.9. The second kappa shape index (κ2) is 6.08. The van der Waals surface area contributed by atoms with Crippen LogP contribution in [0.25, 0.3) is 0 Å². The van der Waals surface area contributed by atoms with Gasteiger partial charge in [-0.25, -0.2) is 13.1 Å². The smallest absolute Gasteiger partial charge is 0.214 e. The van der Waals surface area contributed by atoms with E-state index < -0.39 is 10.0 Å². The van der Waals surface area contributed by atoms with Gasteiger partial charge >= 0.3 is 0 Å². The Morgan fingerprint density at radius 1 is 1.53 bits per heavy atom. The van der Waals surface area contributed by atoms with Crippen molar-refractivity contribution in [3.05, 3.63) is 0 Å². The van der Waals surface area contributed by atoms with E-state index in [-0.39, 0.29) is 11.4 Å².